The van der Waals surface area contributed by atoms with Crippen LogP contribution in [0.2, 0.25) is 0 Å². The summed E-state index contributed by atoms with van der Waals surface area (Å²) in [7, 11) is 0. The van der Waals surface area contributed by atoms with Gasteiger partial charge < -0.3 is 9.13 Å². The highest BCUT2D eigenvalue weighted by Crippen LogP contribution is 2.54. The van der Waals surface area contributed by atoms with Crippen molar-refractivity contribution in [2.45, 2.75) is 19.3 Å². The molecule has 3 aromatic heterocycles. The van der Waals surface area contributed by atoms with Crippen LogP contribution >= 0.6 is 11.3 Å². The van der Waals surface area contributed by atoms with Crippen molar-refractivity contribution in [2.75, 3.05) is 0 Å². The summed E-state index contributed by atoms with van der Waals surface area (Å²) in [6.07, 6.45) is 0. The van der Waals surface area contributed by atoms with E-state index in [0.29, 0.717) is 0 Å². The standard InChI is InChI=1S/C51H34N2S/c1-51(2)42-26-25-39-38-16-8-11-19-48(38)54-50(39)49(42)40-24-22-34(30-43(40)51)53-44-17-9-6-14-35(44)37-23-20-32(29-47(37)53)31-21-27-46-41(28-31)36-15-7-10-18-45(36)52(46)33-12-4-3-5-13-33/h3-30H,1-2H3. The van der Waals surface area contributed by atoms with Gasteiger partial charge in [-0.1, -0.05) is 123 Å². The first-order valence-corrected chi connectivity index (χ1v) is 19.6. The third-order valence-corrected chi connectivity index (χ3v) is 13.3. The lowest BCUT2D eigenvalue weighted by molar-refractivity contribution is 0.660. The van der Waals surface area contributed by atoms with E-state index in [-0.39, 0.29) is 5.41 Å². The van der Waals surface area contributed by atoms with Crippen molar-refractivity contribution < 1.29 is 0 Å². The van der Waals surface area contributed by atoms with Crippen molar-refractivity contribution in [3.8, 4) is 33.6 Å². The Kier molecular flexibility index (Phi) is 6.03. The van der Waals surface area contributed by atoms with Crippen LogP contribution < -0.4 is 0 Å². The Bertz CT molecular complexity index is 3350. The second kappa shape index (κ2) is 10.8. The zero-order valence-electron chi connectivity index (χ0n) is 30.0. The first-order chi connectivity index (χ1) is 26.5. The van der Waals surface area contributed by atoms with Crippen LogP contribution in [0.1, 0.15) is 25.0 Å². The molecule has 0 spiro atoms. The highest BCUT2D eigenvalue weighted by atomic mass is 32.1. The van der Waals surface area contributed by atoms with E-state index in [9.17, 15) is 0 Å². The monoisotopic (exact) mass is 706 g/mol. The minimum Gasteiger partial charge on any atom is -0.309 e. The summed E-state index contributed by atoms with van der Waals surface area (Å²) in [5.41, 5.74) is 15.2. The first kappa shape index (κ1) is 30.1. The number of para-hydroxylation sites is 3. The molecule has 0 saturated carbocycles. The molecule has 11 aromatic rings. The summed E-state index contributed by atoms with van der Waals surface area (Å²) >= 11 is 1.93. The summed E-state index contributed by atoms with van der Waals surface area (Å²) in [5, 5.41) is 7.79. The van der Waals surface area contributed by atoms with Gasteiger partial charge in [0.05, 0.1) is 22.1 Å². The number of hydrogen-bond donors (Lipinski definition) is 0. The van der Waals surface area contributed by atoms with E-state index >= 15 is 0 Å². The highest BCUT2D eigenvalue weighted by Gasteiger charge is 2.37. The summed E-state index contributed by atoms with van der Waals surface area (Å²) in [5.74, 6) is 0. The molecular weight excluding hydrogens is 673 g/mol. The second-order valence-electron chi connectivity index (χ2n) is 15.3. The van der Waals surface area contributed by atoms with Crippen LogP contribution in [-0.4, -0.2) is 9.13 Å². The van der Waals surface area contributed by atoms with Crippen LogP contribution in [0.5, 0.6) is 0 Å². The molecule has 0 aliphatic heterocycles. The zero-order chi connectivity index (χ0) is 35.7. The maximum atomic E-state index is 2.49. The van der Waals surface area contributed by atoms with Gasteiger partial charge in [0.1, 0.15) is 0 Å². The van der Waals surface area contributed by atoms with Crippen molar-refractivity contribution in [1.82, 2.24) is 9.13 Å². The molecular formula is C51H34N2S. The second-order valence-corrected chi connectivity index (χ2v) is 16.4. The number of thiophene rings is 1. The molecule has 0 atom stereocenters. The summed E-state index contributed by atoms with van der Waals surface area (Å²) in [6, 6.07) is 63.1. The lowest BCUT2D eigenvalue weighted by Crippen LogP contribution is -2.15. The number of fused-ring (bicyclic) bond motifs is 13. The van der Waals surface area contributed by atoms with E-state index in [1.807, 2.05) is 11.3 Å². The normalized spacial score (nSPS) is 13.5. The quantitative estimate of drug-likeness (QED) is 0.173. The van der Waals surface area contributed by atoms with E-state index < -0.39 is 0 Å². The minimum atomic E-state index is -0.122. The van der Waals surface area contributed by atoms with E-state index in [1.165, 1.54) is 109 Å². The van der Waals surface area contributed by atoms with Gasteiger partial charge in [0.2, 0.25) is 0 Å². The summed E-state index contributed by atoms with van der Waals surface area (Å²) < 4.78 is 7.63. The van der Waals surface area contributed by atoms with Gasteiger partial charge in [-0.3, -0.25) is 0 Å². The average Bonchev–Trinajstić information content (AvgIpc) is 3.93. The van der Waals surface area contributed by atoms with E-state index in [0.717, 1.165) is 0 Å². The Hall–Kier alpha value is -6.42. The SMILES string of the molecule is CC1(C)c2cc(-n3c4ccccc4c4ccc(-c5ccc6c(c5)c5ccccc5n6-c5ccccc5)cc43)ccc2-c2c1ccc1c2sc2ccccc21. The van der Waals surface area contributed by atoms with Crippen LogP contribution in [0.3, 0.4) is 0 Å². The van der Waals surface area contributed by atoms with Gasteiger partial charge in [0.15, 0.2) is 0 Å². The number of hydrogen-bond acceptors (Lipinski definition) is 1. The molecule has 0 amide bonds. The van der Waals surface area contributed by atoms with Gasteiger partial charge in [0, 0.05) is 64.1 Å². The molecule has 54 heavy (non-hydrogen) atoms. The van der Waals surface area contributed by atoms with Crippen LogP contribution in [-0.2, 0) is 5.41 Å². The molecule has 0 saturated heterocycles. The van der Waals surface area contributed by atoms with Crippen molar-refractivity contribution in [3.05, 3.63) is 181 Å². The molecule has 0 N–H and O–H groups in total. The topological polar surface area (TPSA) is 9.86 Å². The van der Waals surface area contributed by atoms with Gasteiger partial charge in [0.25, 0.3) is 0 Å². The Labute approximate surface area is 316 Å². The largest absolute Gasteiger partial charge is 0.309 e. The molecule has 254 valence electrons. The predicted molar refractivity (Wildman–Crippen MR) is 231 cm³/mol. The summed E-state index contributed by atoms with van der Waals surface area (Å²) in [6.45, 7) is 4.80. The average molecular weight is 707 g/mol. The summed E-state index contributed by atoms with van der Waals surface area (Å²) in [4.78, 5) is 0. The fourth-order valence-electron chi connectivity index (χ4n) is 9.56. The van der Waals surface area contributed by atoms with Crippen molar-refractivity contribution in [2.24, 2.45) is 0 Å². The number of rotatable bonds is 3. The van der Waals surface area contributed by atoms with E-state index in [4.69, 9.17) is 0 Å². The van der Waals surface area contributed by atoms with Crippen molar-refractivity contribution in [1.29, 1.82) is 0 Å². The Morgan fingerprint density at radius 1 is 0.407 bits per heavy atom. The molecule has 0 radical (unpaired) electrons. The van der Waals surface area contributed by atoms with Gasteiger partial charge in [-0.25, -0.2) is 0 Å². The van der Waals surface area contributed by atoms with Gasteiger partial charge in [-0.05, 0) is 88.5 Å². The van der Waals surface area contributed by atoms with E-state index in [1.54, 1.807) is 0 Å². The molecule has 1 aliphatic rings. The fourth-order valence-corrected chi connectivity index (χ4v) is 10.8. The molecule has 0 bridgehead atoms. The smallest absolute Gasteiger partial charge is 0.0547 e. The van der Waals surface area contributed by atoms with E-state index in [2.05, 4.69) is 193 Å². The third kappa shape index (κ3) is 4.00. The maximum absolute atomic E-state index is 2.49. The number of aromatic nitrogens is 2. The molecule has 1 aliphatic carbocycles. The molecule has 12 rings (SSSR count). The minimum absolute atomic E-state index is 0.122. The van der Waals surface area contributed by atoms with Crippen LogP contribution in [0, 0.1) is 0 Å². The Morgan fingerprint density at radius 3 is 1.83 bits per heavy atom. The van der Waals surface area contributed by atoms with Gasteiger partial charge >= 0.3 is 0 Å². The van der Waals surface area contributed by atoms with Crippen molar-refractivity contribution in [3.63, 3.8) is 0 Å². The van der Waals surface area contributed by atoms with Gasteiger partial charge in [-0.2, -0.15) is 0 Å². The molecule has 3 heteroatoms. The molecule has 3 heterocycles. The number of nitrogens with zero attached hydrogens (tertiary/aromatic N) is 2. The molecule has 2 nitrogen and oxygen atoms in total. The van der Waals surface area contributed by atoms with Crippen LogP contribution in [0.4, 0.5) is 0 Å². The lowest BCUT2D eigenvalue weighted by Gasteiger charge is -2.22. The number of benzene rings is 8. The van der Waals surface area contributed by atoms with Crippen LogP contribution in [0.15, 0.2) is 170 Å². The zero-order valence-corrected chi connectivity index (χ0v) is 30.8. The lowest BCUT2D eigenvalue weighted by atomic mass is 9.82. The Morgan fingerprint density at radius 2 is 1.02 bits per heavy atom. The molecule has 0 unspecified atom stereocenters. The predicted octanol–water partition coefficient (Wildman–Crippen LogP) is 14.2. The van der Waals surface area contributed by atoms with Crippen LogP contribution in [0.25, 0.3) is 97.4 Å². The first-order valence-electron chi connectivity index (χ1n) is 18.8. The Balaban J connectivity index is 1.05. The highest BCUT2D eigenvalue weighted by molar-refractivity contribution is 7.26. The van der Waals surface area contributed by atoms with Crippen molar-refractivity contribution >= 4 is 75.1 Å². The maximum Gasteiger partial charge on any atom is 0.0547 e. The fraction of sp³-hybridized carbons (Fsp3) is 0.0588. The van der Waals surface area contributed by atoms with Gasteiger partial charge in [-0.15, -0.1) is 11.3 Å². The third-order valence-electron chi connectivity index (χ3n) is 12.1. The molecule has 8 aromatic carbocycles. The molecule has 0 fully saturated rings.